The van der Waals surface area contributed by atoms with E-state index in [1.54, 1.807) is 11.0 Å². The molecule has 0 aromatic heterocycles. The zero-order valence-electron chi connectivity index (χ0n) is 18.2. The summed E-state index contributed by atoms with van der Waals surface area (Å²) in [6.45, 7) is 4.07. The lowest BCUT2D eigenvalue weighted by Gasteiger charge is -2.35. The molecule has 0 spiro atoms. The van der Waals surface area contributed by atoms with Crippen molar-refractivity contribution in [3.05, 3.63) is 59.9 Å². The molecule has 4 rings (SSSR count). The van der Waals surface area contributed by atoms with Crippen LogP contribution in [0.4, 0.5) is 10.1 Å². The number of likely N-dealkylation sites (tertiary alicyclic amines) is 1. The van der Waals surface area contributed by atoms with Gasteiger partial charge in [0.2, 0.25) is 5.91 Å². The SMILES string of the molecule is O=C(CN1CCN(C(=O)c2cccc(S(=O)(=O)Nc3ccccc3F)c2)CC1)N1CCCC1. The summed E-state index contributed by atoms with van der Waals surface area (Å²) in [6, 6.07) is 11.2. The summed E-state index contributed by atoms with van der Waals surface area (Å²) >= 11 is 0. The monoisotopic (exact) mass is 474 g/mol. The number of para-hydroxylation sites is 1. The minimum atomic E-state index is -4.06. The van der Waals surface area contributed by atoms with Gasteiger partial charge in [-0.3, -0.25) is 19.2 Å². The second-order valence-corrected chi connectivity index (χ2v) is 9.95. The molecule has 0 radical (unpaired) electrons. The number of nitrogens with zero attached hydrogens (tertiary/aromatic N) is 3. The normalized spacial score (nSPS) is 17.2. The average Bonchev–Trinajstić information content (AvgIpc) is 3.36. The van der Waals surface area contributed by atoms with Crippen LogP contribution >= 0.6 is 0 Å². The van der Waals surface area contributed by atoms with Gasteiger partial charge in [-0.2, -0.15) is 0 Å². The van der Waals surface area contributed by atoms with E-state index >= 15 is 0 Å². The summed E-state index contributed by atoms with van der Waals surface area (Å²) in [6.07, 6.45) is 2.11. The highest BCUT2D eigenvalue weighted by molar-refractivity contribution is 7.92. The summed E-state index contributed by atoms with van der Waals surface area (Å²) in [5, 5.41) is 0. The molecule has 2 aliphatic rings. The molecular weight excluding hydrogens is 447 g/mol. The van der Waals surface area contributed by atoms with Crippen LogP contribution in [0.25, 0.3) is 0 Å². The highest BCUT2D eigenvalue weighted by Gasteiger charge is 2.26. The minimum absolute atomic E-state index is 0.119. The van der Waals surface area contributed by atoms with Crippen molar-refractivity contribution in [3.63, 3.8) is 0 Å². The Morgan fingerprint density at radius 3 is 2.27 bits per heavy atom. The minimum Gasteiger partial charge on any atom is -0.342 e. The van der Waals surface area contributed by atoms with Crippen LogP contribution in [-0.2, 0) is 14.8 Å². The Bertz CT molecular complexity index is 1130. The molecule has 33 heavy (non-hydrogen) atoms. The maximum absolute atomic E-state index is 13.9. The summed E-state index contributed by atoms with van der Waals surface area (Å²) in [5.41, 5.74) is 0.0850. The molecule has 1 N–H and O–H groups in total. The van der Waals surface area contributed by atoms with Crippen LogP contribution < -0.4 is 4.72 Å². The molecule has 0 aliphatic carbocycles. The van der Waals surface area contributed by atoms with E-state index in [4.69, 9.17) is 0 Å². The molecule has 2 saturated heterocycles. The lowest BCUT2D eigenvalue weighted by atomic mass is 10.2. The van der Waals surface area contributed by atoms with Gasteiger partial charge >= 0.3 is 0 Å². The number of benzene rings is 2. The summed E-state index contributed by atoms with van der Waals surface area (Å²) in [7, 11) is -4.06. The van der Waals surface area contributed by atoms with Gasteiger partial charge in [0, 0.05) is 44.8 Å². The van der Waals surface area contributed by atoms with E-state index in [2.05, 4.69) is 4.72 Å². The van der Waals surface area contributed by atoms with E-state index in [1.807, 2.05) is 9.80 Å². The lowest BCUT2D eigenvalue weighted by molar-refractivity contribution is -0.131. The Morgan fingerprint density at radius 1 is 0.879 bits per heavy atom. The number of rotatable bonds is 6. The van der Waals surface area contributed by atoms with Crippen LogP contribution in [0.15, 0.2) is 53.4 Å². The molecule has 0 bridgehead atoms. The van der Waals surface area contributed by atoms with Crippen LogP contribution in [-0.4, -0.2) is 80.7 Å². The molecule has 2 heterocycles. The van der Waals surface area contributed by atoms with E-state index in [-0.39, 0.29) is 28.0 Å². The number of carbonyl (C=O) groups excluding carboxylic acids is 2. The first-order valence-electron chi connectivity index (χ1n) is 11.0. The number of hydrogen-bond acceptors (Lipinski definition) is 5. The predicted molar refractivity (Wildman–Crippen MR) is 122 cm³/mol. The average molecular weight is 475 g/mol. The van der Waals surface area contributed by atoms with Crippen LogP contribution in [0.5, 0.6) is 0 Å². The third kappa shape index (κ3) is 5.51. The van der Waals surface area contributed by atoms with Crippen LogP contribution in [0.1, 0.15) is 23.2 Å². The Balaban J connectivity index is 1.38. The number of amides is 2. The highest BCUT2D eigenvalue weighted by atomic mass is 32.2. The topological polar surface area (TPSA) is 90.0 Å². The van der Waals surface area contributed by atoms with Gasteiger partial charge in [0.25, 0.3) is 15.9 Å². The Morgan fingerprint density at radius 2 is 1.58 bits per heavy atom. The third-order valence-corrected chi connectivity index (χ3v) is 7.35. The number of carbonyl (C=O) groups is 2. The highest BCUT2D eigenvalue weighted by Crippen LogP contribution is 2.20. The number of sulfonamides is 1. The number of halogens is 1. The van der Waals surface area contributed by atoms with E-state index in [0.29, 0.717) is 32.7 Å². The van der Waals surface area contributed by atoms with Gasteiger partial charge < -0.3 is 9.80 Å². The predicted octanol–water partition coefficient (Wildman–Crippen LogP) is 2.01. The standard InChI is InChI=1S/C23H27FN4O4S/c24-20-8-1-2-9-21(20)25-33(31,32)19-7-5-6-18(16-19)23(30)28-14-12-26(13-15-28)17-22(29)27-10-3-4-11-27/h1-2,5-9,16,25H,3-4,10-15,17H2. The zero-order chi connectivity index (χ0) is 23.4. The number of anilines is 1. The molecule has 10 heteroatoms. The first-order valence-corrected chi connectivity index (χ1v) is 12.5. The maximum atomic E-state index is 13.9. The van der Waals surface area contributed by atoms with E-state index < -0.39 is 15.8 Å². The van der Waals surface area contributed by atoms with Crippen LogP contribution in [0.3, 0.4) is 0 Å². The second kappa shape index (κ2) is 9.88. The lowest BCUT2D eigenvalue weighted by Crippen LogP contribution is -2.51. The molecular formula is C23H27FN4O4S. The van der Waals surface area contributed by atoms with Crippen LogP contribution in [0.2, 0.25) is 0 Å². The smallest absolute Gasteiger partial charge is 0.262 e. The van der Waals surface area contributed by atoms with Crippen molar-refractivity contribution >= 4 is 27.5 Å². The second-order valence-electron chi connectivity index (χ2n) is 8.27. The van der Waals surface area contributed by atoms with E-state index in [1.165, 1.54) is 36.4 Å². The van der Waals surface area contributed by atoms with Crippen molar-refractivity contribution < 1.29 is 22.4 Å². The molecule has 176 valence electrons. The fourth-order valence-corrected chi connectivity index (χ4v) is 5.21. The quantitative estimate of drug-likeness (QED) is 0.692. The van der Waals surface area contributed by atoms with Crippen molar-refractivity contribution in [2.75, 3.05) is 50.5 Å². The van der Waals surface area contributed by atoms with Crippen LogP contribution in [0, 0.1) is 5.82 Å². The van der Waals surface area contributed by atoms with Gasteiger partial charge in [-0.15, -0.1) is 0 Å². The number of nitrogens with one attached hydrogen (secondary N) is 1. The van der Waals surface area contributed by atoms with Gasteiger partial charge in [-0.25, -0.2) is 12.8 Å². The van der Waals surface area contributed by atoms with Crippen molar-refractivity contribution in [2.24, 2.45) is 0 Å². The van der Waals surface area contributed by atoms with Gasteiger partial charge in [-0.05, 0) is 43.2 Å². The van der Waals surface area contributed by atoms with Crippen molar-refractivity contribution in [3.8, 4) is 0 Å². The van der Waals surface area contributed by atoms with E-state index in [0.717, 1.165) is 32.0 Å². The largest absolute Gasteiger partial charge is 0.342 e. The fourth-order valence-electron chi connectivity index (χ4n) is 4.09. The third-order valence-electron chi connectivity index (χ3n) is 5.99. The number of piperazine rings is 1. The number of hydrogen-bond donors (Lipinski definition) is 1. The zero-order valence-corrected chi connectivity index (χ0v) is 19.1. The first-order chi connectivity index (χ1) is 15.8. The maximum Gasteiger partial charge on any atom is 0.262 e. The molecule has 2 aromatic carbocycles. The molecule has 2 fully saturated rings. The Kier molecular flexibility index (Phi) is 6.94. The van der Waals surface area contributed by atoms with Gasteiger partial charge in [-0.1, -0.05) is 18.2 Å². The van der Waals surface area contributed by atoms with Gasteiger partial charge in [0.05, 0.1) is 17.1 Å². The molecule has 2 amide bonds. The Labute approximate surface area is 193 Å². The molecule has 0 saturated carbocycles. The van der Waals surface area contributed by atoms with Gasteiger partial charge in [0.1, 0.15) is 5.82 Å². The van der Waals surface area contributed by atoms with Crippen molar-refractivity contribution in [1.82, 2.24) is 14.7 Å². The summed E-state index contributed by atoms with van der Waals surface area (Å²) < 4.78 is 41.5. The molecule has 8 nitrogen and oxygen atoms in total. The molecule has 2 aromatic rings. The summed E-state index contributed by atoms with van der Waals surface area (Å²) in [5.74, 6) is -0.828. The molecule has 0 unspecified atom stereocenters. The summed E-state index contributed by atoms with van der Waals surface area (Å²) in [4.78, 5) is 30.8. The molecule has 0 atom stereocenters. The van der Waals surface area contributed by atoms with Gasteiger partial charge in [0.15, 0.2) is 0 Å². The fraction of sp³-hybridized carbons (Fsp3) is 0.391. The van der Waals surface area contributed by atoms with E-state index in [9.17, 15) is 22.4 Å². The van der Waals surface area contributed by atoms with Crippen molar-refractivity contribution in [1.29, 1.82) is 0 Å². The Hall–Kier alpha value is -2.98. The molecule has 2 aliphatic heterocycles. The first kappa shape index (κ1) is 23.2. The van der Waals surface area contributed by atoms with Crippen molar-refractivity contribution in [2.45, 2.75) is 17.7 Å².